The summed E-state index contributed by atoms with van der Waals surface area (Å²) in [5, 5.41) is 9.13. The van der Waals surface area contributed by atoms with Gasteiger partial charge >= 0.3 is 5.97 Å². The van der Waals surface area contributed by atoms with Crippen molar-refractivity contribution in [2.24, 2.45) is 0 Å². The second kappa shape index (κ2) is 7.31. The number of carboxylic acid groups (broad SMARTS) is 1. The van der Waals surface area contributed by atoms with Gasteiger partial charge in [0.2, 0.25) is 5.91 Å². The molecule has 1 N–H and O–H groups in total. The summed E-state index contributed by atoms with van der Waals surface area (Å²) in [6, 6.07) is 12.4. The van der Waals surface area contributed by atoms with Gasteiger partial charge in [-0.25, -0.2) is 4.79 Å². The minimum absolute atomic E-state index is 0.00919. The molecule has 1 atom stereocenters. The summed E-state index contributed by atoms with van der Waals surface area (Å²) in [7, 11) is 0. The third-order valence-electron chi connectivity index (χ3n) is 5.05. The molecule has 0 saturated carbocycles. The highest BCUT2D eigenvalue weighted by molar-refractivity contribution is 5.88. The molecule has 1 saturated heterocycles. The van der Waals surface area contributed by atoms with Gasteiger partial charge in [-0.2, -0.15) is 0 Å². The van der Waals surface area contributed by atoms with Crippen LogP contribution < -0.4 is 9.47 Å². The van der Waals surface area contributed by atoms with E-state index in [0.29, 0.717) is 25.3 Å². The summed E-state index contributed by atoms with van der Waals surface area (Å²) in [4.78, 5) is 25.9. The summed E-state index contributed by atoms with van der Waals surface area (Å²) >= 11 is 0. The molecule has 2 aliphatic rings. The van der Waals surface area contributed by atoms with Crippen molar-refractivity contribution in [3.8, 4) is 11.5 Å². The number of hydrogen-bond donors (Lipinski definition) is 1. The highest BCUT2D eigenvalue weighted by Crippen LogP contribution is 2.38. The molecule has 2 aromatic rings. The lowest BCUT2D eigenvalue weighted by molar-refractivity contribution is -0.131. The Morgan fingerprint density at radius 3 is 2.70 bits per heavy atom. The van der Waals surface area contributed by atoms with Crippen molar-refractivity contribution in [2.45, 2.75) is 25.3 Å². The van der Waals surface area contributed by atoms with E-state index in [0.717, 1.165) is 29.9 Å². The first kappa shape index (κ1) is 17.4. The van der Waals surface area contributed by atoms with E-state index in [1.807, 2.05) is 23.1 Å². The maximum Gasteiger partial charge on any atom is 0.335 e. The molecule has 0 spiro atoms. The Bertz CT molecular complexity index is 879. The average Bonchev–Trinajstić information content (AvgIpc) is 3.18. The minimum Gasteiger partial charge on any atom is -0.486 e. The quantitative estimate of drug-likeness (QED) is 0.899. The van der Waals surface area contributed by atoms with E-state index in [1.54, 1.807) is 18.2 Å². The normalized spacial score (nSPS) is 18.4. The van der Waals surface area contributed by atoms with Gasteiger partial charge in [-0.05, 0) is 48.2 Å². The van der Waals surface area contributed by atoms with Crippen LogP contribution in [0, 0.1) is 0 Å². The zero-order valence-electron chi connectivity index (χ0n) is 14.9. The molecular weight excluding hydrogens is 346 g/mol. The summed E-state index contributed by atoms with van der Waals surface area (Å²) < 4.78 is 11.2. The van der Waals surface area contributed by atoms with Crippen molar-refractivity contribution >= 4 is 11.9 Å². The number of ether oxygens (including phenoxy) is 2. The first-order chi connectivity index (χ1) is 13.1. The molecule has 6 nitrogen and oxygen atoms in total. The Morgan fingerprint density at radius 2 is 1.89 bits per heavy atom. The van der Waals surface area contributed by atoms with Crippen molar-refractivity contribution < 1.29 is 24.2 Å². The molecule has 2 aromatic carbocycles. The number of likely N-dealkylation sites (tertiary alicyclic amines) is 1. The predicted octanol–water partition coefficient (Wildman–Crippen LogP) is 3.06. The largest absolute Gasteiger partial charge is 0.486 e. The minimum atomic E-state index is -0.986. The number of benzene rings is 2. The molecule has 1 unspecified atom stereocenters. The van der Waals surface area contributed by atoms with Crippen LogP contribution in [0.3, 0.4) is 0 Å². The van der Waals surface area contributed by atoms with Crippen LogP contribution in [0.2, 0.25) is 0 Å². The zero-order chi connectivity index (χ0) is 18.8. The number of aromatic carboxylic acids is 1. The monoisotopic (exact) mass is 367 g/mol. The smallest absolute Gasteiger partial charge is 0.335 e. The summed E-state index contributed by atoms with van der Waals surface area (Å²) in [6.07, 6.45) is 2.04. The molecule has 0 aliphatic carbocycles. The van der Waals surface area contributed by atoms with Gasteiger partial charge in [0, 0.05) is 6.54 Å². The lowest BCUT2D eigenvalue weighted by Crippen LogP contribution is -2.32. The molecule has 2 aliphatic heterocycles. The molecule has 0 aromatic heterocycles. The van der Waals surface area contributed by atoms with Gasteiger partial charge in [0.15, 0.2) is 11.5 Å². The van der Waals surface area contributed by atoms with Crippen molar-refractivity contribution in [1.29, 1.82) is 0 Å². The topological polar surface area (TPSA) is 76.1 Å². The summed E-state index contributed by atoms with van der Waals surface area (Å²) in [5.41, 5.74) is 1.96. The Labute approximate surface area is 157 Å². The average molecular weight is 367 g/mol. The van der Waals surface area contributed by atoms with Gasteiger partial charge in [-0.1, -0.05) is 18.2 Å². The molecule has 27 heavy (non-hydrogen) atoms. The Hall–Kier alpha value is -3.02. The van der Waals surface area contributed by atoms with Crippen LogP contribution in [-0.2, 0) is 11.2 Å². The van der Waals surface area contributed by atoms with E-state index < -0.39 is 5.97 Å². The van der Waals surface area contributed by atoms with Gasteiger partial charge in [0.05, 0.1) is 18.0 Å². The van der Waals surface area contributed by atoms with Crippen LogP contribution in [-0.4, -0.2) is 41.6 Å². The maximum atomic E-state index is 12.9. The molecule has 140 valence electrons. The number of carbonyl (C=O) groups excluding carboxylic acids is 1. The fraction of sp³-hybridized carbons (Fsp3) is 0.333. The second-order valence-electron chi connectivity index (χ2n) is 6.83. The standard InChI is InChI=1S/C21H21NO5/c23-20(12-14-3-1-4-16(11-14)21(24)25)22-8-2-5-17(22)15-6-7-18-19(13-15)27-10-9-26-18/h1,3-4,6-7,11,13,17H,2,5,8-10,12H2,(H,24,25). The maximum absolute atomic E-state index is 12.9. The van der Waals surface area contributed by atoms with Crippen molar-refractivity contribution in [3.05, 3.63) is 59.2 Å². The highest BCUT2D eigenvalue weighted by atomic mass is 16.6. The SMILES string of the molecule is O=C(O)c1cccc(CC(=O)N2CCCC2c2ccc3c(c2)OCCO3)c1. The first-order valence-electron chi connectivity index (χ1n) is 9.13. The van der Waals surface area contributed by atoms with E-state index in [1.165, 1.54) is 6.07 Å². The number of nitrogens with zero attached hydrogens (tertiary/aromatic N) is 1. The second-order valence-corrected chi connectivity index (χ2v) is 6.83. The van der Waals surface area contributed by atoms with E-state index in [9.17, 15) is 9.59 Å². The molecular formula is C21H21NO5. The van der Waals surface area contributed by atoms with E-state index >= 15 is 0 Å². The number of hydrogen-bond acceptors (Lipinski definition) is 4. The summed E-state index contributed by atoms with van der Waals surface area (Å²) in [6.45, 7) is 1.79. The fourth-order valence-electron chi connectivity index (χ4n) is 3.77. The van der Waals surface area contributed by atoms with Crippen molar-refractivity contribution in [1.82, 2.24) is 4.90 Å². The van der Waals surface area contributed by atoms with Crippen LogP contribution in [0.5, 0.6) is 11.5 Å². The summed E-state index contributed by atoms with van der Waals surface area (Å²) in [5.74, 6) is 0.494. The van der Waals surface area contributed by atoms with Crippen molar-refractivity contribution in [2.75, 3.05) is 19.8 Å². The van der Waals surface area contributed by atoms with Gasteiger partial charge in [0.1, 0.15) is 13.2 Å². The van der Waals surface area contributed by atoms with Crippen LogP contribution in [0.4, 0.5) is 0 Å². The molecule has 1 amide bonds. The Balaban J connectivity index is 1.52. The number of carbonyl (C=O) groups is 2. The number of amides is 1. The van der Waals surface area contributed by atoms with E-state index in [2.05, 4.69) is 0 Å². The molecule has 4 rings (SSSR count). The van der Waals surface area contributed by atoms with Crippen LogP contribution in [0.25, 0.3) is 0 Å². The number of fused-ring (bicyclic) bond motifs is 1. The van der Waals surface area contributed by atoms with Gasteiger partial charge < -0.3 is 19.5 Å². The number of rotatable bonds is 4. The zero-order valence-corrected chi connectivity index (χ0v) is 14.9. The third kappa shape index (κ3) is 3.60. The predicted molar refractivity (Wildman–Crippen MR) is 98.2 cm³/mol. The Kier molecular flexibility index (Phi) is 4.71. The lowest BCUT2D eigenvalue weighted by Gasteiger charge is -2.27. The fourth-order valence-corrected chi connectivity index (χ4v) is 3.77. The van der Waals surface area contributed by atoms with Crippen LogP contribution in [0.1, 0.15) is 40.4 Å². The van der Waals surface area contributed by atoms with E-state index in [4.69, 9.17) is 14.6 Å². The van der Waals surface area contributed by atoms with Gasteiger partial charge in [-0.15, -0.1) is 0 Å². The molecule has 0 radical (unpaired) electrons. The van der Waals surface area contributed by atoms with Gasteiger partial charge in [0.25, 0.3) is 0 Å². The number of carboxylic acids is 1. The lowest BCUT2D eigenvalue weighted by atomic mass is 10.0. The highest BCUT2D eigenvalue weighted by Gasteiger charge is 2.30. The first-order valence-corrected chi connectivity index (χ1v) is 9.13. The van der Waals surface area contributed by atoms with Crippen LogP contribution in [0.15, 0.2) is 42.5 Å². The Morgan fingerprint density at radius 1 is 1.07 bits per heavy atom. The molecule has 0 bridgehead atoms. The van der Waals surface area contributed by atoms with E-state index in [-0.39, 0.29) is 23.9 Å². The van der Waals surface area contributed by atoms with Crippen LogP contribution >= 0.6 is 0 Å². The molecule has 2 heterocycles. The van der Waals surface area contributed by atoms with Gasteiger partial charge in [-0.3, -0.25) is 4.79 Å². The molecule has 6 heteroatoms. The van der Waals surface area contributed by atoms with Crippen molar-refractivity contribution in [3.63, 3.8) is 0 Å². The third-order valence-corrected chi connectivity index (χ3v) is 5.05. The molecule has 1 fully saturated rings.